The monoisotopic (exact) mass is 237 g/mol. The summed E-state index contributed by atoms with van der Waals surface area (Å²) in [6.07, 6.45) is 1.96. The molecule has 1 aromatic rings. The minimum atomic E-state index is 0.317. The summed E-state index contributed by atoms with van der Waals surface area (Å²) in [5.41, 5.74) is 8.46. The average molecular weight is 237 g/mol. The first-order valence-corrected chi connectivity index (χ1v) is 6.24. The molecule has 17 heavy (non-hydrogen) atoms. The van der Waals surface area contributed by atoms with Crippen molar-refractivity contribution in [1.82, 2.24) is 19.6 Å². The molecule has 5 nitrogen and oxygen atoms in total. The van der Waals surface area contributed by atoms with Crippen LogP contribution in [-0.2, 0) is 7.05 Å². The molecule has 0 radical (unpaired) electrons. The molecule has 1 aromatic heterocycles. The van der Waals surface area contributed by atoms with Crippen molar-refractivity contribution in [3.63, 3.8) is 0 Å². The molecule has 1 atom stereocenters. The van der Waals surface area contributed by atoms with Gasteiger partial charge in [0.1, 0.15) is 0 Å². The second-order valence-electron chi connectivity index (χ2n) is 4.90. The first-order valence-electron chi connectivity index (χ1n) is 6.24. The zero-order chi connectivity index (χ0) is 12.4. The summed E-state index contributed by atoms with van der Waals surface area (Å²) in [5, 5.41) is 4.32. The SMILES string of the molecule is Cc1c(C(CN)N2CCN(C)CC2)cnn1C. The van der Waals surface area contributed by atoms with Crippen LogP contribution in [0, 0.1) is 6.92 Å². The summed E-state index contributed by atoms with van der Waals surface area (Å²) in [4.78, 5) is 4.84. The first kappa shape index (κ1) is 12.5. The van der Waals surface area contributed by atoms with Crippen LogP contribution in [0.3, 0.4) is 0 Å². The van der Waals surface area contributed by atoms with E-state index in [1.807, 2.05) is 17.9 Å². The van der Waals surface area contributed by atoms with E-state index in [-0.39, 0.29) is 0 Å². The quantitative estimate of drug-likeness (QED) is 0.802. The standard InChI is InChI=1S/C12H23N5/c1-10-11(9-14-16(10)3)12(8-13)17-6-4-15(2)5-7-17/h9,12H,4-8,13H2,1-3H3. The van der Waals surface area contributed by atoms with Gasteiger partial charge in [0.25, 0.3) is 0 Å². The molecule has 0 bridgehead atoms. The molecule has 0 aliphatic carbocycles. The highest BCUT2D eigenvalue weighted by Gasteiger charge is 2.25. The molecule has 0 saturated carbocycles. The van der Waals surface area contributed by atoms with Gasteiger partial charge in [-0.15, -0.1) is 0 Å². The lowest BCUT2D eigenvalue weighted by atomic mass is 10.1. The van der Waals surface area contributed by atoms with Crippen LogP contribution in [0.2, 0.25) is 0 Å². The van der Waals surface area contributed by atoms with E-state index in [0.29, 0.717) is 12.6 Å². The summed E-state index contributed by atoms with van der Waals surface area (Å²) in [5.74, 6) is 0. The summed E-state index contributed by atoms with van der Waals surface area (Å²) in [7, 11) is 4.15. The number of aryl methyl sites for hydroxylation is 1. The minimum absolute atomic E-state index is 0.317. The van der Waals surface area contributed by atoms with Gasteiger partial charge in [0.05, 0.1) is 12.2 Å². The van der Waals surface area contributed by atoms with E-state index in [0.717, 1.165) is 26.2 Å². The Bertz CT molecular complexity index is 365. The molecule has 2 rings (SSSR count). The summed E-state index contributed by atoms with van der Waals surface area (Å²) in [6, 6.07) is 0.317. The minimum Gasteiger partial charge on any atom is -0.329 e. The predicted molar refractivity (Wildman–Crippen MR) is 68.8 cm³/mol. The highest BCUT2D eigenvalue weighted by Crippen LogP contribution is 2.23. The summed E-state index contributed by atoms with van der Waals surface area (Å²) >= 11 is 0. The van der Waals surface area contributed by atoms with Gasteiger partial charge < -0.3 is 10.6 Å². The molecule has 2 N–H and O–H groups in total. The lowest BCUT2D eigenvalue weighted by Crippen LogP contribution is -2.47. The third-order valence-corrected chi connectivity index (χ3v) is 3.83. The third kappa shape index (κ3) is 2.51. The van der Waals surface area contributed by atoms with E-state index in [2.05, 4.69) is 28.9 Å². The highest BCUT2D eigenvalue weighted by molar-refractivity contribution is 5.21. The molecule has 0 amide bonds. The maximum Gasteiger partial charge on any atom is 0.0540 e. The van der Waals surface area contributed by atoms with Gasteiger partial charge in [-0.2, -0.15) is 5.10 Å². The van der Waals surface area contributed by atoms with Gasteiger partial charge in [-0.1, -0.05) is 0 Å². The third-order valence-electron chi connectivity index (χ3n) is 3.83. The molecule has 0 spiro atoms. The Morgan fingerprint density at radius 2 is 1.94 bits per heavy atom. The molecule has 96 valence electrons. The first-order chi connectivity index (χ1) is 8.13. The van der Waals surface area contributed by atoms with Gasteiger partial charge in [-0.25, -0.2) is 0 Å². The van der Waals surface area contributed by atoms with E-state index >= 15 is 0 Å². The Morgan fingerprint density at radius 1 is 1.29 bits per heavy atom. The molecule has 1 aliphatic heterocycles. The van der Waals surface area contributed by atoms with Crippen molar-refractivity contribution in [1.29, 1.82) is 0 Å². The van der Waals surface area contributed by atoms with Gasteiger partial charge in [0.15, 0.2) is 0 Å². The van der Waals surface area contributed by atoms with Crippen LogP contribution >= 0.6 is 0 Å². The number of rotatable bonds is 3. The Kier molecular flexibility index (Phi) is 3.81. The van der Waals surface area contributed by atoms with Crippen molar-refractivity contribution in [2.24, 2.45) is 12.8 Å². The number of nitrogens with two attached hydrogens (primary N) is 1. The fourth-order valence-electron chi connectivity index (χ4n) is 2.45. The number of aromatic nitrogens is 2. The molecule has 1 unspecified atom stereocenters. The fraction of sp³-hybridized carbons (Fsp3) is 0.750. The molecule has 1 aliphatic rings. The molecular weight excluding hydrogens is 214 g/mol. The number of hydrogen-bond donors (Lipinski definition) is 1. The topological polar surface area (TPSA) is 50.3 Å². The van der Waals surface area contributed by atoms with Crippen LogP contribution in [0.25, 0.3) is 0 Å². The molecule has 1 saturated heterocycles. The van der Waals surface area contributed by atoms with E-state index in [1.165, 1.54) is 11.3 Å². The number of nitrogens with zero attached hydrogens (tertiary/aromatic N) is 4. The van der Waals surface area contributed by atoms with Gasteiger partial charge in [-0.05, 0) is 14.0 Å². The van der Waals surface area contributed by atoms with Crippen LogP contribution in [0.15, 0.2) is 6.20 Å². The van der Waals surface area contributed by atoms with Gasteiger partial charge in [0.2, 0.25) is 0 Å². The molecule has 0 aromatic carbocycles. The zero-order valence-corrected chi connectivity index (χ0v) is 11.1. The lowest BCUT2D eigenvalue weighted by Gasteiger charge is -2.37. The Morgan fingerprint density at radius 3 is 2.41 bits per heavy atom. The molecule has 5 heteroatoms. The van der Waals surface area contributed by atoms with Crippen molar-refractivity contribution in [2.75, 3.05) is 39.8 Å². The molecule has 2 heterocycles. The Balaban J connectivity index is 2.13. The molecular formula is C12H23N5. The second kappa shape index (κ2) is 5.16. The van der Waals surface area contributed by atoms with Crippen LogP contribution in [0.4, 0.5) is 0 Å². The average Bonchev–Trinajstić information content (AvgIpc) is 2.65. The summed E-state index contributed by atoms with van der Waals surface area (Å²) < 4.78 is 1.92. The predicted octanol–water partition coefficient (Wildman–Crippen LogP) is -0.0243. The van der Waals surface area contributed by atoms with E-state index in [1.54, 1.807) is 0 Å². The van der Waals surface area contributed by atoms with Crippen molar-refractivity contribution in [2.45, 2.75) is 13.0 Å². The van der Waals surface area contributed by atoms with Crippen molar-refractivity contribution >= 4 is 0 Å². The fourth-order valence-corrected chi connectivity index (χ4v) is 2.45. The van der Waals surface area contributed by atoms with E-state index < -0.39 is 0 Å². The van der Waals surface area contributed by atoms with Crippen LogP contribution in [-0.4, -0.2) is 59.4 Å². The second-order valence-corrected chi connectivity index (χ2v) is 4.90. The largest absolute Gasteiger partial charge is 0.329 e. The number of likely N-dealkylation sites (N-methyl/N-ethyl adjacent to an activating group) is 1. The van der Waals surface area contributed by atoms with Crippen LogP contribution in [0.1, 0.15) is 17.3 Å². The highest BCUT2D eigenvalue weighted by atomic mass is 15.3. The van der Waals surface area contributed by atoms with Crippen molar-refractivity contribution in [3.05, 3.63) is 17.5 Å². The van der Waals surface area contributed by atoms with Gasteiger partial charge in [0, 0.05) is 51.0 Å². The smallest absolute Gasteiger partial charge is 0.0540 e. The Hall–Kier alpha value is -0.910. The summed E-state index contributed by atoms with van der Waals surface area (Å²) in [6.45, 7) is 7.20. The van der Waals surface area contributed by atoms with Crippen LogP contribution < -0.4 is 5.73 Å². The molecule has 1 fully saturated rings. The zero-order valence-electron chi connectivity index (χ0n) is 11.1. The van der Waals surface area contributed by atoms with Crippen molar-refractivity contribution in [3.8, 4) is 0 Å². The van der Waals surface area contributed by atoms with Crippen molar-refractivity contribution < 1.29 is 0 Å². The number of hydrogen-bond acceptors (Lipinski definition) is 4. The maximum absolute atomic E-state index is 5.96. The maximum atomic E-state index is 5.96. The van der Waals surface area contributed by atoms with Crippen LogP contribution in [0.5, 0.6) is 0 Å². The van der Waals surface area contributed by atoms with E-state index in [9.17, 15) is 0 Å². The van der Waals surface area contributed by atoms with Gasteiger partial charge >= 0.3 is 0 Å². The Labute approximate surface area is 103 Å². The van der Waals surface area contributed by atoms with Gasteiger partial charge in [-0.3, -0.25) is 9.58 Å². The normalized spacial score (nSPS) is 20.7. The lowest BCUT2D eigenvalue weighted by molar-refractivity contribution is 0.114. The number of piperazine rings is 1. The van der Waals surface area contributed by atoms with E-state index in [4.69, 9.17) is 5.73 Å².